The van der Waals surface area contributed by atoms with Crippen LogP contribution in [0.2, 0.25) is 0 Å². The highest BCUT2D eigenvalue weighted by Gasteiger charge is 2.30. The molecular weight excluding hydrogens is 210 g/mol. The molecule has 0 aromatic carbocycles. The summed E-state index contributed by atoms with van der Waals surface area (Å²) in [6, 6.07) is 0.142. The van der Waals surface area contributed by atoms with E-state index in [1.165, 1.54) is 63.4 Å². The lowest BCUT2D eigenvalue weighted by Gasteiger charge is -2.35. The summed E-state index contributed by atoms with van der Waals surface area (Å²) in [6.45, 7) is 0. The number of hydrogen-bond donors (Lipinski definition) is 1. The third-order valence-corrected chi connectivity index (χ3v) is 4.49. The van der Waals surface area contributed by atoms with Gasteiger partial charge in [-0.25, -0.2) is 0 Å². The molecule has 2 heteroatoms. The Morgan fingerprint density at radius 1 is 1.18 bits per heavy atom. The van der Waals surface area contributed by atoms with Crippen molar-refractivity contribution in [1.82, 2.24) is 0 Å². The van der Waals surface area contributed by atoms with E-state index in [-0.39, 0.29) is 12.1 Å². The summed E-state index contributed by atoms with van der Waals surface area (Å²) in [5.74, 6) is 0.687. The molecule has 0 heterocycles. The fourth-order valence-corrected chi connectivity index (χ4v) is 3.47. The van der Waals surface area contributed by atoms with Gasteiger partial charge in [-0.3, -0.25) is 0 Å². The summed E-state index contributed by atoms with van der Waals surface area (Å²) in [6.07, 6.45) is 14.4. The Labute approximate surface area is 106 Å². The highest BCUT2D eigenvalue weighted by Crippen LogP contribution is 2.32. The van der Waals surface area contributed by atoms with E-state index in [1.807, 2.05) is 7.11 Å². The molecule has 2 aliphatic carbocycles. The topological polar surface area (TPSA) is 35.2 Å². The molecule has 0 bridgehead atoms. The van der Waals surface area contributed by atoms with Crippen LogP contribution in [0.5, 0.6) is 0 Å². The highest BCUT2D eigenvalue weighted by atomic mass is 16.5. The normalized spacial score (nSPS) is 26.4. The molecule has 0 aromatic rings. The summed E-state index contributed by atoms with van der Waals surface area (Å²) in [5, 5.41) is 0. The fraction of sp³-hybridized carbons (Fsp3) is 0.867. The summed E-state index contributed by atoms with van der Waals surface area (Å²) in [5.41, 5.74) is 7.89. The smallest absolute Gasteiger partial charge is 0.0788 e. The highest BCUT2D eigenvalue weighted by molar-refractivity contribution is 5.15. The first-order chi connectivity index (χ1) is 8.33. The maximum Gasteiger partial charge on any atom is 0.0788 e. The second-order valence-corrected chi connectivity index (χ2v) is 5.65. The number of nitrogens with two attached hydrogens (primary N) is 1. The monoisotopic (exact) mass is 237 g/mol. The quantitative estimate of drug-likeness (QED) is 0.760. The number of methoxy groups -OCH3 is 1. The minimum Gasteiger partial charge on any atom is -0.379 e. The zero-order valence-electron chi connectivity index (χ0n) is 11.2. The molecule has 0 aromatic heterocycles. The largest absolute Gasteiger partial charge is 0.379 e. The molecule has 0 saturated heterocycles. The summed E-state index contributed by atoms with van der Waals surface area (Å²) in [7, 11) is 1.84. The van der Waals surface area contributed by atoms with Crippen molar-refractivity contribution in [2.75, 3.05) is 7.11 Å². The molecule has 0 amide bonds. The third kappa shape index (κ3) is 3.32. The Balaban J connectivity index is 1.98. The Bertz CT molecular complexity index is 256. The third-order valence-electron chi connectivity index (χ3n) is 4.49. The van der Waals surface area contributed by atoms with Gasteiger partial charge in [0.2, 0.25) is 0 Å². The zero-order chi connectivity index (χ0) is 12.1. The van der Waals surface area contributed by atoms with Gasteiger partial charge in [-0.2, -0.15) is 0 Å². The second kappa shape index (κ2) is 6.55. The molecule has 2 N–H and O–H groups in total. The molecule has 17 heavy (non-hydrogen) atoms. The van der Waals surface area contributed by atoms with Crippen molar-refractivity contribution in [2.45, 2.75) is 69.9 Å². The first kappa shape index (κ1) is 13.1. The van der Waals surface area contributed by atoms with Gasteiger partial charge in [0.05, 0.1) is 12.1 Å². The van der Waals surface area contributed by atoms with Crippen molar-refractivity contribution in [3.8, 4) is 0 Å². The van der Waals surface area contributed by atoms with Crippen LogP contribution in [-0.4, -0.2) is 19.3 Å². The summed E-state index contributed by atoms with van der Waals surface area (Å²) in [4.78, 5) is 0. The van der Waals surface area contributed by atoms with Crippen molar-refractivity contribution in [3.05, 3.63) is 11.6 Å². The molecule has 2 atom stereocenters. The van der Waals surface area contributed by atoms with E-state index in [1.54, 1.807) is 0 Å². The van der Waals surface area contributed by atoms with Gasteiger partial charge >= 0.3 is 0 Å². The Hall–Kier alpha value is -0.340. The Morgan fingerprint density at radius 3 is 2.53 bits per heavy atom. The number of ether oxygens (including phenoxy) is 1. The van der Waals surface area contributed by atoms with Crippen LogP contribution in [-0.2, 0) is 4.74 Å². The number of hydrogen-bond acceptors (Lipinski definition) is 2. The first-order valence-corrected chi connectivity index (χ1v) is 7.30. The van der Waals surface area contributed by atoms with Gasteiger partial charge < -0.3 is 10.5 Å². The SMILES string of the molecule is COC(C1CCCCC1)C(N)C1=CCCCC1. The molecule has 2 rings (SSSR count). The number of rotatable bonds is 4. The lowest BCUT2D eigenvalue weighted by atomic mass is 9.79. The molecule has 0 radical (unpaired) electrons. The standard InChI is InChI=1S/C15H27NO/c1-17-15(13-10-6-3-7-11-13)14(16)12-8-4-2-5-9-12/h8,13-15H,2-7,9-11,16H2,1H3. The average Bonchev–Trinajstić information content (AvgIpc) is 2.42. The second-order valence-electron chi connectivity index (χ2n) is 5.65. The van der Waals surface area contributed by atoms with E-state index < -0.39 is 0 Å². The van der Waals surface area contributed by atoms with Crippen molar-refractivity contribution in [3.63, 3.8) is 0 Å². The van der Waals surface area contributed by atoms with Crippen LogP contribution in [0.1, 0.15) is 57.8 Å². The molecular formula is C15H27NO. The van der Waals surface area contributed by atoms with Crippen LogP contribution in [0.15, 0.2) is 11.6 Å². The minimum atomic E-state index is 0.142. The van der Waals surface area contributed by atoms with E-state index in [0.717, 1.165) is 0 Å². The van der Waals surface area contributed by atoms with Crippen LogP contribution >= 0.6 is 0 Å². The van der Waals surface area contributed by atoms with E-state index >= 15 is 0 Å². The van der Waals surface area contributed by atoms with E-state index in [4.69, 9.17) is 10.5 Å². The summed E-state index contributed by atoms with van der Waals surface area (Å²) >= 11 is 0. The van der Waals surface area contributed by atoms with Gasteiger partial charge in [0.25, 0.3) is 0 Å². The maximum absolute atomic E-state index is 6.44. The van der Waals surface area contributed by atoms with Crippen molar-refractivity contribution in [2.24, 2.45) is 11.7 Å². The molecule has 0 aliphatic heterocycles. The predicted molar refractivity (Wildman–Crippen MR) is 71.9 cm³/mol. The Morgan fingerprint density at radius 2 is 1.94 bits per heavy atom. The molecule has 98 valence electrons. The predicted octanol–water partition coefficient (Wildman–Crippen LogP) is 3.41. The zero-order valence-corrected chi connectivity index (χ0v) is 11.2. The first-order valence-electron chi connectivity index (χ1n) is 7.30. The number of allylic oxidation sites excluding steroid dienone is 1. The van der Waals surface area contributed by atoms with Crippen LogP contribution in [0.3, 0.4) is 0 Å². The molecule has 2 nitrogen and oxygen atoms in total. The van der Waals surface area contributed by atoms with Gasteiger partial charge in [-0.1, -0.05) is 30.9 Å². The van der Waals surface area contributed by atoms with Crippen molar-refractivity contribution < 1.29 is 4.74 Å². The molecule has 0 spiro atoms. The van der Waals surface area contributed by atoms with Gasteiger partial charge in [-0.05, 0) is 44.4 Å². The van der Waals surface area contributed by atoms with Gasteiger partial charge in [0, 0.05) is 7.11 Å². The molecule has 1 fully saturated rings. The van der Waals surface area contributed by atoms with Crippen LogP contribution in [0.25, 0.3) is 0 Å². The van der Waals surface area contributed by atoms with Gasteiger partial charge in [0.15, 0.2) is 0 Å². The Kier molecular flexibility index (Phi) is 5.05. The van der Waals surface area contributed by atoms with Crippen molar-refractivity contribution in [1.29, 1.82) is 0 Å². The van der Waals surface area contributed by atoms with E-state index in [2.05, 4.69) is 6.08 Å². The summed E-state index contributed by atoms with van der Waals surface area (Å²) < 4.78 is 5.74. The van der Waals surface area contributed by atoms with E-state index in [9.17, 15) is 0 Å². The van der Waals surface area contributed by atoms with Gasteiger partial charge in [0.1, 0.15) is 0 Å². The van der Waals surface area contributed by atoms with Crippen LogP contribution in [0, 0.1) is 5.92 Å². The van der Waals surface area contributed by atoms with E-state index in [0.29, 0.717) is 5.92 Å². The molecule has 2 unspecified atom stereocenters. The molecule has 2 aliphatic rings. The lowest BCUT2D eigenvalue weighted by Crippen LogP contribution is -2.43. The average molecular weight is 237 g/mol. The lowest BCUT2D eigenvalue weighted by molar-refractivity contribution is 0.0246. The maximum atomic E-state index is 6.44. The van der Waals surface area contributed by atoms with Crippen LogP contribution in [0.4, 0.5) is 0 Å². The molecule has 1 saturated carbocycles. The van der Waals surface area contributed by atoms with Gasteiger partial charge in [-0.15, -0.1) is 0 Å². The fourth-order valence-electron chi connectivity index (χ4n) is 3.47. The minimum absolute atomic E-state index is 0.142. The van der Waals surface area contributed by atoms with Crippen LogP contribution < -0.4 is 5.73 Å². The van der Waals surface area contributed by atoms with Crippen molar-refractivity contribution >= 4 is 0 Å².